The van der Waals surface area contributed by atoms with E-state index in [0.29, 0.717) is 12.1 Å². The molecule has 28 heavy (non-hydrogen) atoms. The van der Waals surface area contributed by atoms with Gasteiger partial charge in [-0.25, -0.2) is 4.79 Å². The van der Waals surface area contributed by atoms with Gasteiger partial charge in [0.2, 0.25) is 0 Å². The molecule has 0 bridgehead atoms. The highest BCUT2D eigenvalue weighted by Crippen LogP contribution is 2.35. The number of hydrogen-bond donors (Lipinski definition) is 1. The molecule has 1 aliphatic rings. The highest BCUT2D eigenvalue weighted by Gasteiger charge is 2.30. The number of amides is 1. The van der Waals surface area contributed by atoms with Crippen LogP contribution in [-0.2, 0) is 24.1 Å². The van der Waals surface area contributed by atoms with Crippen LogP contribution in [0.15, 0.2) is 28.1 Å². The number of ether oxygens (including phenoxy) is 1. The van der Waals surface area contributed by atoms with Gasteiger partial charge in [-0.05, 0) is 77.6 Å². The molecule has 0 saturated carbocycles. The van der Waals surface area contributed by atoms with Gasteiger partial charge in [0.15, 0.2) is 0 Å². The van der Waals surface area contributed by atoms with E-state index in [0.717, 1.165) is 33.2 Å². The summed E-state index contributed by atoms with van der Waals surface area (Å²) < 4.78 is 13.0. The van der Waals surface area contributed by atoms with Crippen LogP contribution in [0.3, 0.4) is 0 Å². The van der Waals surface area contributed by atoms with Crippen LogP contribution < -0.4 is 5.32 Å². The third-order valence-corrected chi connectivity index (χ3v) is 6.10. The number of hydrogen-bond acceptors (Lipinski definition) is 5. The highest BCUT2D eigenvalue weighted by atomic mass is 79.9. The lowest BCUT2D eigenvalue weighted by atomic mass is 10.1. The number of nitrogens with one attached hydrogen (secondary N) is 1. The predicted molar refractivity (Wildman–Crippen MR) is 112 cm³/mol. The fourth-order valence-electron chi connectivity index (χ4n) is 3.78. The fraction of sp³-hybridized carbons (Fsp3) is 0.350. The first-order valence-electron chi connectivity index (χ1n) is 9.07. The minimum Gasteiger partial charge on any atom is -0.447 e. The van der Waals surface area contributed by atoms with E-state index >= 15 is 0 Å². The summed E-state index contributed by atoms with van der Waals surface area (Å²) in [5.41, 5.74) is 5.09. The Balaban J connectivity index is 1.69. The smallest absolute Gasteiger partial charge is 0.407 e. The number of carbonyl (C=O) groups is 1. The number of aromatic nitrogens is 2. The van der Waals surface area contributed by atoms with Crippen LogP contribution in [0.25, 0.3) is 10.9 Å². The van der Waals surface area contributed by atoms with Gasteiger partial charge >= 0.3 is 6.09 Å². The molecule has 6 nitrogen and oxygen atoms in total. The zero-order chi connectivity index (χ0) is 19.8. The number of carbonyl (C=O) groups excluding carboxylic acids is 1. The average Bonchev–Trinajstić information content (AvgIpc) is 3.30. The van der Waals surface area contributed by atoms with Crippen molar-refractivity contribution in [3.63, 3.8) is 0 Å². The number of nitriles is 1. The van der Waals surface area contributed by atoms with Crippen LogP contribution in [-0.4, -0.2) is 27.2 Å². The van der Waals surface area contributed by atoms with Crippen molar-refractivity contribution in [2.24, 2.45) is 0 Å². The normalized spacial score (nSPS) is 15.6. The predicted octanol–water partition coefficient (Wildman–Crippen LogP) is 4.38. The van der Waals surface area contributed by atoms with Crippen LogP contribution in [0.5, 0.6) is 0 Å². The molecule has 0 radical (unpaired) electrons. The summed E-state index contributed by atoms with van der Waals surface area (Å²) >= 11 is 4.90. The van der Waals surface area contributed by atoms with Crippen molar-refractivity contribution in [1.29, 1.82) is 5.26 Å². The van der Waals surface area contributed by atoms with E-state index in [-0.39, 0.29) is 18.2 Å². The highest BCUT2D eigenvalue weighted by molar-refractivity contribution is 9.11. The summed E-state index contributed by atoms with van der Waals surface area (Å²) in [6, 6.07) is 10.0. The van der Waals surface area contributed by atoms with E-state index in [9.17, 15) is 10.1 Å². The lowest BCUT2D eigenvalue weighted by molar-refractivity contribution is 0.112. The molecule has 0 spiro atoms. The molecule has 0 fully saturated rings. The van der Waals surface area contributed by atoms with Crippen molar-refractivity contribution in [3.8, 4) is 6.07 Å². The summed E-state index contributed by atoms with van der Waals surface area (Å²) in [4.78, 5) is 12.0. The van der Waals surface area contributed by atoms with E-state index in [2.05, 4.69) is 36.3 Å². The van der Waals surface area contributed by atoms with Crippen molar-refractivity contribution in [1.82, 2.24) is 14.3 Å². The van der Waals surface area contributed by atoms with Gasteiger partial charge in [0.25, 0.3) is 0 Å². The number of fused-ring (bicyclic) bond motifs is 3. The van der Waals surface area contributed by atoms with Crippen LogP contribution in [0.1, 0.15) is 36.4 Å². The molecule has 0 saturated heterocycles. The molecule has 4 rings (SSSR count). The van der Waals surface area contributed by atoms with Gasteiger partial charge in [0.1, 0.15) is 0 Å². The molecule has 1 aromatic carbocycles. The molecule has 1 unspecified atom stereocenters. The molecule has 144 valence electrons. The van der Waals surface area contributed by atoms with Gasteiger partial charge in [-0.3, -0.25) is 0 Å². The number of alkyl carbamates (subject to hydrolysis) is 1. The molecule has 1 aliphatic carbocycles. The molecule has 1 amide bonds. The van der Waals surface area contributed by atoms with E-state index in [4.69, 9.17) is 4.74 Å². The van der Waals surface area contributed by atoms with Crippen LogP contribution in [0.2, 0.25) is 0 Å². The number of nitrogens with zero attached hydrogens (tertiary/aromatic N) is 3. The second-order valence-corrected chi connectivity index (χ2v) is 9.37. The quantitative estimate of drug-likeness (QED) is 0.628. The van der Waals surface area contributed by atoms with Crippen molar-refractivity contribution in [2.45, 2.75) is 45.4 Å². The minimum absolute atomic E-state index is 0.0141. The summed E-state index contributed by atoms with van der Waals surface area (Å²) in [5.74, 6) is 0. The second-order valence-electron chi connectivity index (χ2n) is 7.18. The Kier molecular flexibility index (Phi) is 5.13. The molecule has 1 atom stereocenters. The molecule has 1 N–H and O–H groups in total. The summed E-state index contributed by atoms with van der Waals surface area (Å²) in [6.07, 6.45) is 0.911. The Morgan fingerprint density at radius 2 is 2.29 bits per heavy atom. The molecular formula is C20H19BrN4O2S. The Bertz CT molecular complexity index is 1100. The largest absolute Gasteiger partial charge is 0.447 e. The zero-order valence-electron chi connectivity index (χ0n) is 15.5. The van der Waals surface area contributed by atoms with Gasteiger partial charge in [0, 0.05) is 29.1 Å². The van der Waals surface area contributed by atoms with Crippen molar-refractivity contribution in [2.75, 3.05) is 0 Å². The summed E-state index contributed by atoms with van der Waals surface area (Å²) in [6.45, 7) is 4.32. The first kappa shape index (κ1) is 19.0. The van der Waals surface area contributed by atoms with E-state index in [1.807, 2.05) is 38.1 Å². The Hall–Kier alpha value is -2.37. The Labute approximate surface area is 175 Å². The molecular weight excluding hydrogens is 440 g/mol. The topological polar surface area (TPSA) is 79.9 Å². The maximum absolute atomic E-state index is 12.0. The average molecular weight is 459 g/mol. The van der Waals surface area contributed by atoms with Gasteiger partial charge < -0.3 is 14.6 Å². The number of halogens is 1. The van der Waals surface area contributed by atoms with Gasteiger partial charge in [-0.2, -0.15) is 9.64 Å². The van der Waals surface area contributed by atoms with Crippen molar-refractivity contribution >= 4 is 44.5 Å². The second kappa shape index (κ2) is 7.57. The number of benzene rings is 1. The van der Waals surface area contributed by atoms with Gasteiger partial charge in [0.05, 0.1) is 33.8 Å². The lowest BCUT2D eigenvalue weighted by Gasteiger charge is -2.15. The minimum atomic E-state index is -0.387. The standard InChI is InChI=1S/C20H19BrN4O2S/c1-11(2)27-20(26)23-13-6-16-15-5-12(9-22)3-4-17(15)25(18(16)7-13)10-14-8-19(21)28-24-14/h3-5,8,11,13H,6-7,10H2,1-2H3,(H,23,26). The monoisotopic (exact) mass is 458 g/mol. The van der Waals surface area contributed by atoms with Gasteiger partial charge in [-0.15, -0.1) is 0 Å². The molecule has 3 aromatic rings. The summed E-state index contributed by atoms with van der Waals surface area (Å²) in [5, 5.41) is 13.3. The summed E-state index contributed by atoms with van der Waals surface area (Å²) in [7, 11) is 0. The van der Waals surface area contributed by atoms with Crippen LogP contribution in [0, 0.1) is 11.3 Å². The van der Waals surface area contributed by atoms with Crippen molar-refractivity contribution in [3.05, 3.63) is 50.6 Å². The van der Waals surface area contributed by atoms with E-state index in [1.165, 1.54) is 22.8 Å². The zero-order valence-corrected chi connectivity index (χ0v) is 17.9. The maximum Gasteiger partial charge on any atom is 0.407 e. The lowest BCUT2D eigenvalue weighted by Crippen LogP contribution is -2.37. The first-order valence-corrected chi connectivity index (χ1v) is 10.6. The molecule has 0 aliphatic heterocycles. The van der Waals surface area contributed by atoms with Crippen molar-refractivity contribution < 1.29 is 9.53 Å². The maximum atomic E-state index is 12.0. The fourth-order valence-corrected chi connectivity index (χ4v) is 4.76. The Morgan fingerprint density at radius 1 is 1.46 bits per heavy atom. The van der Waals surface area contributed by atoms with Gasteiger partial charge in [-0.1, -0.05) is 0 Å². The molecule has 8 heteroatoms. The molecule has 2 aromatic heterocycles. The Morgan fingerprint density at radius 3 is 2.96 bits per heavy atom. The third-order valence-electron chi connectivity index (χ3n) is 4.82. The SMILES string of the molecule is CC(C)OC(=O)NC1Cc2c(n(Cc3cc(Br)sn3)c3ccc(C#N)cc23)C1. The van der Waals surface area contributed by atoms with Crippen LogP contribution in [0.4, 0.5) is 4.79 Å². The van der Waals surface area contributed by atoms with E-state index < -0.39 is 0 Å². The third kappa shape index (κ3) is 3.64. The number of rotatable bonds is 4. The van der Waals surface area contributed by atoms with Crippen LogP contribution >= 0.6 is 27.5 Å². The first-order chi connectivity index (χ1) is 13.4. The molecule has 2 heterocycles. The van der Waals surface area contributed by atoms with E-state index in [1.54, 1.807) is 0 Å².